The van der Waals surface area contributed by atoms with Gasteiger partial charge in [-0.2, -0.15) is 0 Å². The Morgan fingerprint density at radius 3 is 2.87 bits per heavy atom. The number of para-hydroxylation sites is 1. The highest BCUT2D eigenvalue weighted by molar-refractivity contribution is 7.17. The van der Waals surface area contributed by atoms with E-state index in [1.165, 1.54) is 18.4 Å². The second kappa shape index (κ2) is 8.71. The molecule has 0 bridgehead atoms. The number of ether oxygens (including phenoxy) is 2. The van der Waals surface area contributed by atoms with Gasteiger partial charge < -0.3 is 19.8 Å². The number of fused-ring (bicyclic) bond motifs is 2. The Bertz CT molecular complexity index is 1110. The van der Waals surface area contributed by atoms with Crippen LogP contribution in [0.4, 0.5) is 5.00 Å². The Labute approximate surface area is 177 Å². The first-order valence-electron chi connectivity index (χ1n) is 9.80. The number of rotatable bonds is 7. The van der Waals surface area contributed by atoms with Gasteiger partial charge in [0.2, 0.25) is 0 Å². The lowest BCUT2D eigenvalue weighted by Crippen LogP contribution is -2.21. The van der Waals surface area contributed by atoms with Crippen LogP contribution in [-0.2, 0) is 38.3 Å². The van der Waals surface area contributed by atoms with E-state index in [1.54, 1.807) is 0 Å². The van der Waals surface area contributed by atoms with E-state index in [2.05, 4.69) is 10.3 Å². The average molecular weight is 426 g/mol. The summed E-state index contributed by atoms with van der Waals surface area (Å²) < 4.78 is 9.98. The molecule has 3 aromatic rings. The molecule has 30 heavy (non-hydrogen) atoms. The van der Waals surface area contributed by atoms with E-state index in [9.17, 15) is 14.4 Å². The summed E-state index contributed by atoms with van der Waals surface area (Å²) in [6.45, 7) is -0.393. The van der Waals surface area contributed by atoms with E-state index in [1.807, 2.05) is 30.5 Å². The van der Waals surface area contributed by atoms with Gasteiger partial charge in [0.05, 0.1) is 12.7 Å². The Morgan fingerprint density at radius 1 is 1.20 bits per heavy atom. The molecule has 8 heteroatoms. The van der Waals surface area contributed by atoms with Gasteiger partial charge in [-0.25, -0.2) is 4.79 Å². The van der Waals surface area contributed by atoms with E-state index in [4.69, 9.17) is 9.47 Å². The van der Waals surface area contributed by atoms with Crippen LogP contribution >= 0.6 is 11.3 Å². The maximum Gasteiger partial charge on any atom is 0.341 e. The number of aromatic amines is 1. The standard InChI is InChI=1S/C22H22N2O5S/c1-28-22(27)20-15-6-4-8-17(15)30-21(20)24-18(25)12-29-19(26)10-9-13-11-23-16-7-3-2-5-14(13)16/h2-3,5,7,11,23H,4,6,8-10,12H2,1H3,(H,24,25). The molecule has 0 atom stereocenters. The predicted molar refractivity (Wildman–Crippen MR) is 114 cm³/mol. The first kappa shape index (κ1) is 20.2. The van der Waals surface area contributed by atoms with Crippen molar-refractivity contribution in [1.29, 1.82) is 0 Å². The van der Waals surface area contributed by atoms with Gasteiger partial charge in [-0.05, 0) is 42.9 Å². The lowest BCUT2D eigenvalue weighted by Gasteiger charge is -2.08. The average Bonchev–Trinajstić information content (AvgIpc) is 3.44. The summed E-state index contributed by atoms with van der Waals surface area (Å²) in [4.78, 5) is 40.8. The number of aromatic nitrogens is 1. The van der Waals surface area contributed by atoms with Crippen molar-refractivity contribution < 1.29 is 23.9 Å². The number of amides is 1. The molecule has 0 fully saturated rings. The van der Waals surface area contributed by atoms with Crippen LogP contribution in [0.3, 0.4) is 0 Å². The van der Waals surface area contributed by atoms with Crippen molar-refractivity contribution in [3.05, 3.63) is 52.0 Å². The highest BCUT2D eigenvalue weighted by Gasteiger charge is 2.28. The Kier molecular flexibility index (Phi) is 5.85. The lowest BCUT2D eigenvalue weighted by atomic mass is 10.1. The summed E-state index contributed by atoms with van der Waals surface area (Å²) in [7, 11) is 1.32. The number of methoxy groups -OCH3 is 1. The third-order valence-corrected chi connectivity index (χ3v) is 6.41. The molecular formula is C22H22N2O5S. The lowest BCUT2D eigenvalue weighted by molar-refractivity contribution is -0.147. The number of hydrogen-bond acceptors (Lipinski definition) is 6. The number of carbonyl (C=O) groups is 3. The molecule has 2 N–H and O–H groups in total. The highest BCUT2D eigenvalue weighted by atomic mass is 32.1. The summed E-state index contributed by atoms with van der Waals surface area (Å²) in [5.41, 5.74) is 3.43. The monoisotopic (exact) mass is 426 g/mol. The molecule has 0 saturated carbocycles. The van der Waals surface area contributed by atoms with Gasteiger partial charge in [0, 0.05) is 28.4 Å². The van der Waals surface area contributed by atoms with Crippen molar-refractivity contribution >= 4 is 45.1 Å². The number of carbonyl (C=O) groups excluding carboxylic acids is 3. The van der Waals surface area contributed by atoms with Crippen LogP contribution in [0.1, 0.15) is 39.2 Å². The van der Waals surface area contributed by atoms with Gasteiger partial charge in [0.15, 0.2) is 6.61 Å². The maximum atomic E-state index is 12.3. The first-order chi connectivity index (χ1) is 14.6. The zero-order chi connectivity index (χ0) is 21.1. The number of hydrogen-bond donors (Lipinski definition) is 2. The van der Waals surface area contributed by atoms with Crippen molar-refractivity contribution in [2.75, 3.05) is 19.0 Å². The fourth-order valence-corrected chi connectivity index (χ4v) is 5.06. The normalized spacial score (nSPS) is 12.6. The molecule has 0 unspecified atom stereocenters. The molecule has 0 radical (unpaired) electrons. The van der Waals surface area contributed by atoms with Gasteiger partial charge in [0.25, 0.3) is 5.91 Å². The molecule has 156 valence electrons. The molecule has 1 amide bonds. The third-order valence-electron chi connectivity index (χ3n) is 5.20. The summed E-state index contributed by atoms with van der Waals surface area (Å²) in [6, 6.07) is 7.87. The van der Waals surface area contributed by atoms with E-state index in [0.29, 0.717) is 17.0 Å². The van der Waals surface area contributed by atoms with Crippen molar-refractivity contribution in [3.8, 4) is 0 Å². The number of nitrogens with one attached hydrogen (secondary N) is 2. The quantitative estimate of drug-likeness (QED) is 0.563. The minimum atomic E-state index is -0.472. The number of aryl methyl sites for hydroxylation is 2. The number of H-pyrrole nitrogens is 1. The van der Waals surface area contributed by atoms with Crippen LogP contribution < -0.4 is 5.32 Å². The SMILES string of the molecule is COC(=O)c1c(NC(=O)COC(=O)CCc2c[nH]c3ccccc23)sc2c1CCC2. The number of thiophene rings is 1. The van der Waals surface area contributed by atoms with Crippen molar-refractivity contribution in [2.45, 2.75) is 32.1 Å². The molecule has 0 spiro atoms. The summed E-state index contributed by atoms with van der Waals surface area (Å²) in [6.07, 6.45) is 5.27. The van der Waals surface area contributed by atoms with E-state index >= 15 is 0 Å². The second-order valence-corrected chi connectivity index (χ2v) is 8.23. The van der Waals surface area contributed by atoms with Crippen molar-refractivity contribution in [2.24, 2.45) is 0 Å². The number of esters is 2. The van der Waals surface area contributed by atoms with Crippen molar-refractivity contribution in [1.82, 2.24) is 4.98 Å². The third kappa shape index (κ3) is 4.09. The Hall–Kier alpha value is -3.13. The van der Waals surface area contributed by atoms with Gasteiger partial charge in [0.1, 0.15) is 5.00 Å². The van der Waals surface area contributed by atoms with Crippen LogP contribution in [0.2, 0.25) is 0 Å². The minimum Gasteiger partial charge on any atom is -0.465 e. The van der Waals surface area contributed by atoms with Gasteiger partial charge >= 0.3 is 11.9 Å². The van der Waals surface area contributed by atoms with E-state index < -0.39 is 24.5 Å². The number of benzene rings is 1. The second-order valence-electron chi connectivity index (χ2n) is 7.12. The maximum absolute atomic E-state index is 12.3. The van der Waals surface area contributed by atoms with E-state index in [0.717, 1.165) is 46.2 Å². The van der Waals surface area contributed by atoms with Crippen molar-refractivity contribution in [3.63, 3.8) is 0 Å². The smallest absolute Gasteiger partial charge is 0.341 e. The zero-order valence-corrected chi connectivity index (χ0v) is 17.4. The Balaban J connectivity index is 1.31. The fraction of sp³-hybridized carbons (Fsp3) is 0.318. The topological polar surface area (TPSA) is 97.5 Å². The molecule has 0 aliphatic heterocycles. The van der Waals surface area contributed by atoms with Crippen LogP contribution in [0.15, 0.2) is 30.5 Å². The molecule has 4 rings (SSSR count). The molecule has 1 aliphatic carbocycles. The van der Waals surface area contributed by atoms with Gasteiger partial charge in [-0.15, -0.1) is 11.3 Å². The molecule has 1 aromatic carbocycles. The predicted octanol–water partition coefficient (Wildman–Crippen LogP) is 3.62. The van der Waals surface area contributed by atoms with Gasteiger partial charge in [-0.1, -0.05) is 18.2 Å². The van der Waals surface area contributed by atoms with Crippen LogP contribution in [0, 0.1) is 0 Å². The van der Waals surface area contributed by atoms with Gasteiger partial charge in [-0.3, -0.25) is 9.59 Å². The van der Waals surface area contributed by atoms with Crippen LogP contribution in [0.5, 0.6) is 0 Å². The summed E-state index contributed by atoms with van der Waals surface area (Å²) >= 11 is 1.39. The summed E-state index contributed by atoms with van der Waals surface area (Å²) in [5.74, 6) is -1.38. The summed E-state index contributed by atoms with van der Waals surface area (Å²) in [5, 5.41) is 4.24. The first-order valence-corrected chi connectivity index (χ1v) is 10.6. The fourth-order valence-electron chi connectivity index (χ4n) is 3.77. The largest absolute Gasteiger partial charge is 0.465 e. The molecule has 0 saturated heterocycles. The minimum absolute atomic E-state index is 0.176. The van der Waals surface area contributed by atoms with E-state index in [-0.39, 0.29) is 6.42 Å². The zero-order valence-electron chi connectivity index (χ0n) is 16.6. The Morgan fingerprint density at radius 2 is 2.03 bits per heavy atom. The molecule has 7 nitrogen and oxygen atoms in total. The van der Waals surface area contributed by atoms with Crippen LogP contribution in [0.25, 0.3) is 10.9 Å². The highest BCUT2D eigenvalue weighted by Crippen LogP contribution is 2.39. The molecule has 2 aromatic heterocycles. The molecule has 2 heterocycles. The molecule has 1 aliphatic rings. The molecular weight excluding hydrogens is 404 g/mol. The number of anilines is 1. The van der Waals surface area contributed by atoms with Crippen LogP contribution in [-0.4, -0.2) is 36.5 Å².